The molecule has 0 bridgehead atoms. The molecule has 1 saturated carbocycles. The van der Waals surface area contributed by atoms with Gasteiger partial charge in [-0.15, -0.1) is 0 Å². The van der Waals surface area contributed by atoms with Crippen molar-refractivity contribution in [3.8, 4) is 22.6 Å². The van der Waals surface area contributed by atoms with Gasteiger partial charge in [-0.3, -0.25) is 9.59 Å². The van der Waals surface area contributed by atoms with E-state index in [9.17, 15) is 9.59 Å². The van der Waals surface area contributed by atoms with E-state index in [0.29, 0.717) is 17.1 Å². The summed E-state index contributed by atoms with van der Waals surface area (Å²) in [5, 5.41) is 5.84. The average molecular weight is 471 g/mol. The molecule has 6 heteroatoms. The zero-order chi connectivity index (χ0) is 24.8. The molecule has 1 aliphatic heterocycles. The van der Waals surface area contributed by atoms with Crippen molar-refractivity contribution >= 4 is 17.5 Å². The Morgan fingerprint density at radius 1 is 0.914 bits per heavy atom. The van der Waals surface area contributed by atoms with Crippen molar-refractivity contribution in [3.63, 3.8) is 0 Å². The average Bonchev–Trinajstić information content (AvgIpc) is 3.53. The minimum absolute atomic E-state index is 0.0232. The molecular weight excluding hydrogens is 440 g/mol. The molecule has 1 fully saturated rings. The molecule has 5 rings (SSSR count). The Labute approximate surface area is 205 Å². The van der Waals surface area contributed by atoms with E-state index in [2.05, 4.69) is 37.5 Å². The maximum absolute atomic E-state index is 13.5. The Morgan fingerprint density at radius 3 is 2.40 bits per heavy atom. The lowest BCUT2D eigenvalue weighted by atomic mass is 9.81. The summed E-state index contributed by atoms with van der Waals surface area (Å²) >= 11 is 0. The molecule has 3 aromatic rings. The summed E-state index contributed by atoms with van der Waals surface area (Å²) in [4.78, 5) is 25.7. The van der Waals surface area contributed by atoms with Gasteiger partial charge in [-0.05, 0) is 76.9 Å². The van der Waals surface area contributed by atoms with Crippen LogP contribution in [0.5, 0.6) is 11.5 Å². The van der Waals surface area contributed by atoms with Crippen LogP contribution in [0.25, 0.3) is 11.1 Å². The number of fused-ring (bicyclic) bond motifs is 1. The molecule has 0 saturated heterocycles. The van der Waals surface area contributed by atoms with Crippen molar-refractivity contribution in [2.75, 3.05) is 19.2 Å². The molecule has 180 valence electrons. The number of ether oxygens (including phenoxy) is 2. The van der Waals surface area contributed by atoms with Gasteiger partial charge < -0.3 is 20.1 Å². The minimum atomic E-state index is -0.553. The van der Waals surface area contributed by atoms with Crippen LogP contribution in [0, 0.1) is 0 Å². The van der Waals surface area contributed by atoms with Gasteiger partial charge in [0.05, 0.1) is 5.41 Å². The largest absolute Gasteiger partial charge is 0.454 e. The number of hydrogen-bond donors (Lipinski definition) is 2. The van der Waals surface area contributed by atoms with Crippen molar-refractivity contribution < 1.29 is 19.1 Å². The minimum Gasteiger partial charge on any atom is -0.454 e. The van der Waals surface area contributed by atoms with Crippen LogP contribution in [0.2, 0.25) is 0 Å². The zero-order valence-corrected chi connectivity index (χ0v) is 20.5. The molecule has 0 atom stereocenters. The smallest absolute Gasteiger partial charge is 0.251 e. The van der Waals surface area contributed by atoms with E-state index in [1.807, 2.05) is 48.5 Å². The summed E-state index contributed by atoms with van der Waals surface area (Å²) < 4.78 is 10.9. The monoisotopic (exact) mass is 470 g/mol. The third-order valence-electron chi connectivity index (χ3n) is 6.86. The van der Waals surface area contributed by atoms with E-state index < -0.39 is 5.41 Å². The van der Waals surface area contributed by atoms with E-state index in [0.717, 1.165) is 40.8 Å². The molecule has 0 unspecified atom stereocenters. The van der Waals surface area contributed by atoms with Crippen molar-refractivity contribution in [1.82, 2.24) is 5.32 Å². The Balaban J connectivity index is 1.47. The Bertz CT molecular complexity index is 1320. The summed E-state index contributed by atoms with van der Waals surface area (Å²) in [7, 11) is 1.62. The van der Waals surface area contributed by atoms with E-state index >= 15 is 0 Å². The predicted molar refractivity (Wildman–Crippen MR) is 136 cm³/mol. The van der Waals surface area contributed by atoms with Gasteiger partial charge >= 0.3 is 0 Å². The first kappa shape index (κ1) is 23.0. The molecule has 2 N–H and O–H groups in total. The molecule has 3 aromatic carbocycles. The fourth-order valence-corrected chi connectivity index (χ4v) is 4.70. The molecule has 6 nitrogen and oxygen atoms in total. The molecule has 0 aromatic heterocycles. The first-order valence-electron chi connectivity index (χ1n) is 11.9. The van der Waals surface area contributed by atoms with Crippen molar-refractivity contribution in [2.24, 2.45) is 0 Å². The van der Waals surface area contributed by atoms with Gasteiger partial charge in [0.2, 0.25) is 12.7 Å². The highest BCUT2D eigenvalue weighted by atomic mass is 16.7. The number of benzene rings is 3. The topological polar surface area (TPSA) is 76.7 Å². The summed E-state index contributed by atoms with van der Waals surface area (Å²) in [6.45, 7) is 6.69. The number of anilines is 1. The highest BCUT2D eigenvalue weighted by Gasteiger charge is 2.51. The second-order valence-corrected chi connectivity index (χ2v) is 10.3. The van der Waals surface area contributed by atoms with Crippen molar-refractivity contribution in [1.29, 1.82) is 0 Å². The molecule has 0 radical (unpaired) electrons. The molecule has 1 aliphatic carbocycles. The normalized spacial score (nSPS) is 15.4. The zero-order valence-electron chi connectivity index (χ0n) is 20.5. The number of hydrogen-bond acceptors (Lipinski definition) is 4. The molecular formula is C29H30N2O4. The molecule has 1 heterocycles. The fourth-order valence-electron chi connectivity index (χ4n) is 4.70. The van der Waals surface area contributed by atoms with Crippen LogP contribution >= 0.6 is 0 Å². The molecule has 0 spiro atoms. The van der Waals surface area contributed by atoms with Gasteiger partial charge in [-0.25, -0.2) is 0 Å². The van der Waals surface area contributed by atoms with Gasteiger partial charge in [0.25, 0.3) is 5.91 Å². The Kier molecular flexibility index (Phi) is 5.55. The van der Waals surface area contributed by atoms with Crippen molar-refractivity contribution in [2.45, 2.75) is 44.4 Å². The van der Waals surface area contributed by atoms with Crippen LogP contribution in [0.4, 0.5) is 5.69 Å². The number of rotatable bonds is 5. The van der Waals surface area contributed by atoms with Crippen LogP contribution in [0.3, 0.4) is 0 Å². The van der Waals surface area contributed by atoms with E-state index in [4.69, 9.17) is 9.47 Å². The summed E-state index contributed by atoms with van der Waals surface area (Å²) in [5.41, 5.74) is 4.67. The van der Waals surface area contributed by atoms with E-state index in [1.54, 1.807) is 13.1 Å². The highest BCUT2D eigenvalue weighted by molar-refractivity contribution is 6.02. The quantitative estimate of drug-likeness (QED) is 0.523. The van der Waals surface area contributed by atoms with Crippen LogP contribution in [-0.4, -0.2) is 25.7 Å². The lowest BCUT2D eigenvalue weighted by molar-refractivity contribution is -0.118. The SMILES string of the molecule is CNC(=O)c1cccc(-c2cc(NC(=O)C3(c4ccc5c(c4)OCO5)CC3)ccc2C(C)(C)C)c1. The van der Waals surface area contributed by atoms with Crippen LogP contribution in [0.15, 0.2) is 60.7 Å². The molecule has 2 amide bonds. The third-order valence-corrected chi connectivity index (χ3v) is 6.86. The first-order chi connectivity index (χ1) is 16.7. The third kappa shape index (κ3) is 4.25. The molecule has 35 heavy (non-hydrogen) atoms. The summed E-state index contributed by atoms with van der Waals surface area (Å²) in [6, 6.07) is 19.4. The summed E-state index contributed by atoms with van der Waals surface area (Å²) in [5.74, 6) is 1.25. The van der Waals surface area contributed by atoms with Crippen LogP contribution in [0.1, 0.15) is 55.1 Å². The predicted octanol–water partition coefficient (Wildman–Crippen LogP) is 5.41. The first-order valence-corrected chi connectivity index (χ1v) is 11.9. The number of nitrogens with one attached hydrogen (secondary N) is 2. The van der Waals surface area contributed by atoms with Gasteiger partial charge in [-0.1, -0.05) is 45.0 Å². The lowest BCUT2D eigenvalue weighted by Crippen LogP contribution is -2.28. The molecule has 2 aliphatic rings. The standard InChI is InChI=1S/C29H30N2O4/c1-28(2,3)23-10-9-21(16-22(23)18-6-5-7-19(14-18)26(32)30-4)31-27(33)29(12-13-29)20-8-11-24-25(15-20)35-17-34-24/h5-11,14-16H,12-13,17H2,1-4H3,(H,30,32)(H,31,33). The van der Waals surface area contributed by atoms with Gasteiger partial charge in [-0.2, -0.15) is 0 Å². The summed E-state index contributed by atoms with van der Waals surface area (Å²) in [6.07, 6.45) is 1.58. The Hall–Kier alpha value is -3.80. The maximum atomic E-state index is 13.5. The Morgan fingerprint density at radius 2 is 1.69 bits per heavy atom. The number of carbonyl (C=O) groups is 2. The second-order valence-electron chi connectivity index (χ2n) is 10.3. The van der Waals surface area contributed by atoms with Gasteiger partial charge in [0.1, 0.15) is 0 Å². The van der Waals surface area contributed by atoms with Crippen LogP contribution < -0.4 is 20.1 Å². The van der Waals surface area contributed by atoms with Gasteiger partial charge in [0.15, 0.2) is 11.5 Å². The lowest BCUT2D eigenvalue weighted by Gasteiger charge is -2.25. The number of carbonyl (C=O) groups excluding carboxylic acids is 2. The van der Waals surface area contributed by atoms with E-state index in [1.165, 1.54) is 0 Å². The highest BCUT2D eigenvalue weighted by Crippen LogP contribution is 2.51. The van der Waals surface area contributed by atoms with Crippen LogP contribution in [-0.2, 0) is 15.6 Å². The van der Waals surface area contributed by atoms with E-state index in [-0.39, 0.29) is 24.0 Å². The maximum Gasteiger partial charge on any atom is 0.251 e. The number of amides is 2. The fraction of sp³-hybridized carbons (Fsp3) is 0.310. The van der Waals surface area contributed by atoms with Gasteiger partial charge in [0, 0.05) is 18.3 Å². The van der Waals surface area contributed by atoms with Crippen molar-refractivity contribution in [3.05, 3.63) is 77.4 Å². The second kappa shape index (κ2) is 8.45.